The molecule has 2 aromatic rings. The molecule has 1 unspecified atom stereocenters. The first-order valence-electron chi connectivity index (χ1n) is 10.1. The zero-order valence-corrected chi connectivity index (χ0v) is 18.6. The van der Waals surface area contributed by atoms with Gasteiger partial charge in [-0.1, -0.05) is 61.0 Å². The predicted molar refractivity (Wildman–Crippen MR) is 118 cm³/mol. The molecule has 1 heterocycles. The van der Waals surface area contributed by atoms with Crippen molar-refractivity contribution in [1.29, 1.82) is 0 Å². The van der Waals surface area contributed by atoms with Gasteiger partial charge < -0.3 is 15.0 Å². The number of nitrogens with zero attached hydrogens (tertiary/aromatic N) is 2. The summed E-state index contributed by atoms with van der Waals surface area (Å²) in [6.07, 6.45) is 0.322. The first-order chi connectivity index (χ1) is 15.3. The number of hydrogen-bond donors (Lipinski definition) is 1. The fraction of sp³-hybridized carbons (Fsp3) is 0.304. The Morgan fingerprint density at radius 3 is 2.34 bits per heavy atom. The Hall–Kier alpha value is -3.39. The van der Waals surface area contributed by atoms with E-state index in [2.05, 4.69) is 5.32 Å². The van der Waals surface area contributed by atoms with Crippen LogP contribution in [0.4, 0.5) is 4.79 Å². The quantitative estimate of drug-likeness (QED) is 0.485. The lowest BCUT2D eigenvalue weighted by molar-refractivity contribution is -0.148. The minimum atomic E-state index is -1.23. The molecule has 1 N–H and O–H groups in total. The molecular weight excluding hydrogens is 434 g/mol. The smallest absolute Gasteiger partial charge is 0.325 e. The Bertz CT molecular complexity index is 1010. The summed E-state index contributed by atoms with van der Waals surface area (Å²) in [6, 6.07) is 15.0. The number of nitrogens with one attached hydrogen (secondary N) is 1. The number of amides is 4. The van der Waals surface area contributed by atoms with Gasteiger partial charge in [0.1, 0.15) is 18.6 Å². The molecule has 0 saturated carbocycles. The van der Waals surface area contributed by atoms with Crippen molar-refractivity contribution in [2.75, 3.05) is 20.2 Å². The van der Waals surface area contributed by atoms with Gasteiger partial charge in [0.2, 0.25) is 5.91 Å². The zero-order chi connectivity index (χ0) is 23.3. The number of halogens is 1. The Morgan fingerprint density at radius 1 is 1.09 bits per heavy atom. The normalized spacial score (nSPS) is 17.8. The van der Waals surface area contributed by atoms with E-state index in [4.69, 9.17) is 16.3 Å². The number of carbonyl (C=O) groups excluding carboxylic acids is 4. The average Bonchev–Trinajstić information content (AvgIpc) is 3.05. The molecule has 1 fully saturated rings. The molecule has 2 aromatic carbocycles. The fourth-order valence-corrected chi connectivity index (χ4v) is 3.76. The zero-order valence-electron chi connectivity index (χ0n) is 17.8. The maximum Gasteiger partial charge on any atom is 0.325 e. The summed E-state index contributed by atoms with van der Waals surface area (Å²) in [6.45, 7) is 1.07. The number of imide groups is 1. The number of hydrogen-bond acceptors (Lipinski definition) is 5. The number of esters is 1. The van der Waals surface area contributed by atoms with Crippen LogP contribution >= 0.6 is 11.6 Å². The third kappa shape index (κ3) is 4.75. The molecule has 0 radical (unpaired) electrons. The molecule has 9 heteroatoms. The van der Waals surface area contributed by atoms with E-state index in [1.165, 1.54) is 12.0 Å². The second-order valence-electron chi connectivity index (χ2n) is 7.40. The minimum Gasteiger partial charge on any atom is -0.468 e. The van der Waals surface area contributed by atoms with Crippen molar-refractivity contribution < 1.29 is 23.9 Å². The average molecular weight is 458 g/mol. The Kier molecular flexibility index (Phi) is 7.15. The molecule has 8 nitrogen and oxygen atoms in total. The maximum atomic E-state index is 13.3. The van der Waals surface area contributed by atoms with E-state index in [1.807, 2.05) is 6.07 Å². The first kappa shape index (κ1) is 23.3. The molecular formula is C23H24ClN3O5. The number of urea groups is 1. The van der Waals surface area contributed by atoms with Crippen LogP contribution in [-0.4, -0.2) is 53.8 Å². The number of methoxy groups -OCH3 is 1. The lowest BCUT2D eigenvalue weighted by atomic mass is 9.87. The second kappa shape index (κ2) is 9.82. The lowest BCUT2D eigenvalue weighted by Gasteiger charge is -2.26. The van der Waals surface area contributed by atoms with Crippen molar-refractivity contribution in [3.05, 3.63) is 70.7 Å². The standard InChI is InChI=1S/C23H24ClN3O5/c1-3-23(17-7-5-4-6-8-17)21(30)27(22(31)25-23)14-19(28)26(15-20(29)32-2)13-16-9-11-18(24)12-10-16/h4-12H,3,13-15H2,1-2H3,(H,25,31). The van der Waals surface area contributed by atoms with Crippen molar-refractivity contribution in [3.8, 4) is 0 Å². The highest BCUT2D eigenvalue weighted by Crippen LogP contribution is 2.32. The van der Waals surface area contributed by atoms with Crippen LogP contribution in [0.1, 0.15) is 24.5 Å². The van der Waals surface area contributed by atoms with Crippen LogP contribution in [0, 0.1) is 0 Å². The third-order valence-corrected chi connectivity index (χ3v) is 5.71. The molecule has 0 bridgehead atoms. The summed E-state index contributed by atoms with van der Waals surface area (Å²) >= 11 is 5.91. The molecule has 1 aliphatic rings. The Balaban J connectivity index is 1.81. The van der Waals surface area contributed by atoms with E-state index in [0.717, 1.165) is 10.5 Å². The van der Waals surface area contributed by atoms with Crippen LogP contribution in [0.2, 0.25) is 5.02 Å². The molecule has 32 heavy (non-hydrogen) atoms. The van der Waals surface area contributed by atoms with Gasteiger partial charge in [0.15, 0.2) is 0 Å². The molecule has 0 aliphatic carbocycles. The van der Waals surface area contributed by atoms with Gasteiger partial charge in [-0.25, -0.2) is 4.79 Å². The summed E-state index contributed by atoms with van der Waals surface area (Å²) in [5, 5.41) is 3.28. The third-order valence-electron chi connectivity index (χ3n) is 5.45. The summed E-state index contributed by atoms with van der Waals surface area (Å²) in [5.74, 6) is -1.68. The van der Waals surface area contributed by atoms with Crippen LogP contribution in [0.15, 0.2) is 54.6 Å². The van der Waals surface area contributed by atoms with Crippen molar-refractivity contribution in [2.24, 2.45) is 0 Å². The van der Waals surface area contributed by atoms with Gasteiger partial charge in [-0.2, -0.15) is 0 Å². The molecule has 3 rings (SSSR count). The van der Waals surface area contributed by atoms with Crippen molar-refractivity contribution in [3.63, 3.8) is 0 Å². The van der Waals surface area contributed by atoms with Crippen molar-refractivity contribution in [1.82, 2.24) is 15.1 Å². The molecule has 4 amide bonds. The van der Waals surface area contributed by atoms with Gasteiger partial charge in [0.05, 0.1) is 7.11 Å². The molecule has 0 aromatic heterocycles. The number of carbonyl (C=O) groups is 4. The summed E-state index contributed by atoms with van der Waals surface area (Å²) in [5.41, 5.74) is 0.140. The number of benzene rings is 2. The minimum absolute atomic E-state index is 0.0896. The fourth-order valence-electron chi connectivity index (χ4n) is 3.63. The van der Waals surface area contributed by atoms with E-state index >= 15 is 0 Å². The van der Waals surface area contributed by atoms with Crippen molar-refractivity contribution >= 4 is 35.4 Å². The highest BCUT2D eigenvalue weighted by atomic mass is 35.5. The number of rotatable bonds is 8. The highest BCUT2D eigenvalue weighted by Gasteiger charge is 2.51. The van der Waals surface area contributed by atoms with Crippen LogP contribution in [0.25, 0.3) is 0 Å². The number of ether oxygens (including phenoxy) is 1. The van der Waals surface area contributed by atoms with Crippen molar-refractivity contribution in [2.45, 2.75) is 25.4 Å². The summed E-state index contributed by atoms with van der Waals surface area (Å²) in [7, 11) is 1.22. The monoisotopic (exact) mass is 457 g/mol. The molecule has 0 spiro atoms. The van der Waals surface area contributed by atoms with E-state index in [-0.39, 0.29) is 13.1 Å². The summed E-state index contributed by atoms with van der Waals surface area (Å²) in [4.78, 5) is 53.0. The predicted octanol–water partition coefficient (Wildman–Crippen LogP) is 2.70. The van der Waals surface area contributed by atoms with Crippen LogP contribution < -0.4 is 5.32 Å². The SMILES string of the molecule is CCC1(c2ccccc2)NC(=O)N(CC(=O)N(CC(=O)OC)Cc2ccc(Cl)cc2)C1=O. The Labute approximate surface area is 191 Å². The van der Waals surface area contributed by atoms with E-state index in [9.17, 15) is 19.2 Å². The summed E-state index contributed by atoms with van der Waals surface area (Å²) < 4.78 is 4.69. The van der Waals surface area contributed by atoms with Gasteiger partial charge in [0.25, 0.3) is 5.91 Å². The van der Waals surface area contributed by atoms with Gasteiger partial charge in [0, 0.05) is 11.6 Å². The topological polar surface area (TPSA) is 96.0 Å². The van der Waals surface area contributed by atoms with Gasteiger partial charge in [-0.3, -0.25) is 19.3 Å². The Morgan fingerprint density at radius 2 is 1.75 bits per heavy atom. The molecule has 1 saturated heterocycles. The molecule has 168 valence electrons. The van der Waals surface area contributed by atoms with Crippen LogP contribution in [-0.2, 0) is 31.2 Å². The van der Waals surface area contributed by atoms with Crippen LogP contribution in [0.3, 0.4) is 0 Å². The largest absolute Gasteiger partial charge is 0.468 e. The van der Waals surface area contributed by atoms with Gasteiger partial charge >= 0.3 is 12.0 Å². The van der Waals surface area contributed by atoms with Crippen LogP contribution in [0.5, 0.6) is 0 Å². The van der Waals surface area contributed by atoms with E-state index < -0.39 is 35.9 Å². The first-order valence-corrected chi connectivity index (χ1v) is 10.5. The van der Waals surface area contributed by atoms with Gasteiger partial charge in [-0.15, -0.1) is 0 Å². The van der Waals surface area contributed by atoms with Gasteiger partial charge in [-0.05, 0) is 29.7 Å². The van der Waals surface area contributed by atoms with E-state index in [0.29, 0.717) is 17.0 Å². The second-order valence-corrected chi connectivity index (χ2v) is 7.84. The lowest BCUT2D eigenvalue weighted by Crippen LogP contribution is -2.46. The molecule has 1 atom stereocenters. The molecule has 1 aliphatic heterocycles. The highest BCUT2D eigenvalue weighted by molar-refractivity contribution is 6.30. The maximum absolute atomic E-state index is 13.3. The van der Waals surface area contributed by atoms with E-state index in [1.54, 1.807) is 55.5 Å².